The first kappa shape index (κ1) is 19.5. The summed E-state index contributed by atoms with van der Waals surface area (Å²) >= 11 is 0. The summed E-state index contributed by atoms with van der Waals surface area (Å²) in [4.78, 5) is 63.9. The lowest BCUT2D eigenvalue weighted by molar-refractivity contribution is -0.147. The monoisotopic (exact) mass is 406 g/mol. The molecule has 2 aromatic rings. The van der Waals surface area contributed by atoms with E-state index in [0.717, 1.165) is 9.80 Å². The lowest BCUT2D eigenvalue weighted by Gasteiger charge is -2.21. The lowest BCUT2D eigenvalue weighted by atomic mass is 10.1. The van der Waals surface area contributed by atoms with Gasteiger partial charge in [0.15, 0.2) is 0 Å². The van der Waals surface area contributed by atoms with E-state index in [0.29, 0.717) is 11.1 Å². The molecule has 4 rings (SSSR count). The summed E-state index contributed by atoms with van der Waals surface area (Å²) in [5, 5.41) is 0. The molecule has 152 valence electrons. The van der Waals surface area contributed by atoms with Crippen molar-refractivity contribution in [1.29, 1.82) is 0 Å². The largest absolute Gasteiger partial charge is 0.464 e. The molecule has 0 aromatic heterocycles. The second kappa shape index (κ2) is 7.55. The number of amides is 4. The fourth-order valence-electron chi connectivity index (χ4n) is 3.62. The van der Waals surface area contributed by atoms with Gasteiger partial charge in [0.1, 0.15) is 6.04 Å². The van der Waals surface area contributed by atoms with Crippen LogP contribution in [0.1, 0.15) is 54.8 Å². The molecule has 1 atom stereocenters. The normalized spacial score (nSPS) is 16.0. The van der Waals surface area contributed by atoms with Gasteiger partial charge in [0.2, 0.25) is 0 Å². The number of carbonyl (C=O) groups is 5. The maximum atomic E-state index is 12.5. The molecule has 0 spiro atoms. The van der Waals surface area contributed by atoms with Crippen LogP contribution in [0, 0.1) is 0 Å². The predicted molar refractivity (Wildman–Crippen MR) is 104 cm³/mol. The van der Waals surface area contributed by atoms with Crippen LogP contribution < -0.4 is 0 Å². The standard InChI is InChI=1S/C22H18N2O6/c1-13(24-20(27)16-9-4-5-10-17(16)21(24)28)22(29)30-12-6-11-23-18(25)14-7-2-3-8-15(14)19(23)26/h2-5,7-10,13H,6,11-12H2,1H3. The average Bonchev–Trinajstić information content (AvgIpc) is 3.16. The van der Waals surface area contributed by atoms with Crippen LogP contribution in [0.4, 0.5) is 0 Å². The molecule has 8 heteroatoms. The molecule has 0 fully saturated rings. The molecule has 1 unspecified atom stereocenters. The van der Waals surface area contributed by atoms with Gasteiger partial charge >= 0.3 is 5.97 Å². The van der Waals surface area contributed by atoms with Crippen molar-refractivity contribution in [2.75, 3.05) is 13.2 Å². The van der Waals surface area contributed by atoms with Crippen molar-refractivity contribution in [2.45, 2.75) is 19.4 Å². The van der Waals surface area contributed by atoms with Crippen LogP contribution in [0.25, 0.3) is 0 Å². The zero-order valence-electron chi connectivity index (χ0n) is 16.2. The Labute approximate surface area is 172 Å². The number of benzene rings is 2. The van der Waals surface area contributed by atoms with E-state index in [2.05, 4.69) is 0 Å². The molecule has 4 amide bonds. The summed E-state index contributed by atoms with van der Waals surface area (Å²) < 4.78 is 5.18. The topological polar surface area (TPSA) is 101 Å². The second-order valence-corrected chi connectivity index (χ2v) is 7.03. The minimum absolute atomic E-state index is 0.0558. The number of rotatable bonds is 6. The minimum atomic E-state index is -1.09. The van der Waals surface area contributed by atoms with E-state index >= 15 is 0 Å². The molecule has 2 heterocycles. The van der Waals surface area contributed by atoms with Crippen LogP contribution in [0.15, 0.2) is 48.5 Å². The molecule has 8 nitrogen and oxygen atoms in total. The molecule has 2 aromatic carbocycles. The van der Waals surface area contributed by atoms with E-state index < -0.39 is 23.8 Å². The molecule has 30 heavy (non-hydrogen) atoms. The van der Waals surface area contributed by atoms with Crippen LogP contribution >= 0.6 is 0 Å². The van der Waals surface area contributed by atoms with Gasteiger partial charge in [-0.1, -0.05) is 24.3 Å². The summed E-state index contributed by atoms with van der Waals surface area (Å²) in [6, 6.07) is 11.9. The van der Waals surface area contributed by atoms with Crippen LogP contribution in [0.3, 0.4) is 0 Å². The quantitative estimate of drug-likeness (QED) is 0.413. The highest BCUT2D eigenvalue weighted by atomic mass is 16.5. The molecular weight excluding hydrogens is 388 g/mol. The van der Waals surface area contributed by atoms with E-state index in [1.807, 2.05) is 0 Å². The third-order valence-corrected chi connectivity index (χ3v) is 5.20. The number of carbonyl (C=O) groups excluding carboxylic acids is 5. The van der Waals surface area contributed by atoms with Crippen molar-refractivity contribution in [2.24, 2.45) is 0 Å². The van der Waals surface area contributed by atoms with Crippen LogP contribution in [-0.2, 0) is 9.53 Å². The first-order valence-corrected chi connectivity index (χ1v) is 9.50. The summed E-state index contributed by atoms with van der Waals surface area (Å²) in [7, 11) is 0. The first-order chi connectivity index (χ1) is 14.4. The fourth-order valence-corrected chi connectivity index (χ4v) is 3.62. The smallest absolute Gasteiger partial charge is 0.329 e. The summed E-state index contributed by atoms with van der Waals surface area (Å²) in [6.45, 7) is 1.47. The molecule has 2 aliphatic heterocycles. The second-order valence-electron chi connectivity index (χ2n) is 7.03. The van der Waals surface area contributed by atoms with Crippen molar-refractivity contribution in [3.05, 3.63) is 70.8 Å². The van der Waals surface area contributed by atoms with Gasteiger partial charge in [0.25, 0.3) is 23.6 Å². The summed E-state index contributed by atoms with van der Waals surface area (Å²) in [5.74, 6) is -2.55. The Morgan fingerprint density at radius 3 is 1.70 bits per heavy atom. The van der Waals surface area contributed by atoms with Crippen LogP contribution in [-0.4, -0.2) is 58.6 Å². The zero-order chi connectivity index (χ0) is 21.4. The Kier molecular flexibility index (Phi) is 4.91. The molecule has 0 saturated carbocycles. The number of hydrogen-bond acceptors (Lipinski definition) is 6. The van der Waals surface area contributed by atoms with Crippen molar-refractivity contribution >= 4 is 29.6 Å². The van der Waals surface area contributed by atoms with Crippen molar-refractivity contribution in [1.82, 2.24) is 9.80 Å². The molecular formula is C22H18N2O6. The highest BCUT2D eigenvalue weighted by Crippen LogP contribution is 2.25. The maximum absolute atomic E-state index is 12.5. The summed E-state index contributed by atoms with van der Waals surface area (Å²) in [6.07, 6.45) is 0.242. The van der Waals surface area contributed by atoms with Gasteiger partial charge in [-0.3, -0.25) is 29.0 Å². The number of hydrogen-bond donors (Lipinski definition) is 0. The van der Waals surface area contributed by atoms with E-state index in [-0.39, 0.29) is 42.5 Å². The molecule has 0 radical (unpaired) electrons. The molecule has 0 aliphatic carbocycles. The Bertz CT molecular complexity index is 1020. The highest BCUT2D eigenvalue weighted by Gasteiger charge is 2.41. The number of esters is 1. The summed E-state index contributed by atoms with van der Waals surface area (Å²) in [5.41, 5.74) is 1.23. The van der Waals surface area contributed by atoms with Gasteiger partial charge in [-0.25, -0.2) is 4.79 Å². The fraction of sp³-hybridized carbons (Fsp3) is 0.227. The van der Waals surface area contributed by atoms with Gasteiger partial charge in [-0.15, -0.1) is 0 Å². The Hall–Kier alpha value is -3.81. The zero-order valence-corrected chi connectivity index (χ0v) is 16.2. The molecule has 0 N–H and O–H groups in total. The van der Waals surface area contributed by atoms with Gasteiger partial charge in [0.05, 0.1) is 28.9 Å². The highest BCUT2D eigenvalue weighted by molar-refractivity contribution is 6.23. The Morgan fingerprint density at radius 2 is 1.23 bits per heavy atom. The first-order valence-electron chi connectivity index (χ1n) is 9.50. The van der Waals surface area contributed by atoms with Crippen LogP contribution in [0.5, 0.6) is 0 Å². The number of fused-ring (bicyclic) bond motifs is 2. The van der Waals surface area contributed by atoms with Crippen molar-refractivity contribution in [3.63, 3.8) is 0 Å². The molecule has 0 bridgehead atoms. The third kappa shape index (κ3) is 3.06. The number of ether oxygens (including phenoxy) is 1. The number of imide groups is 2. The minimum Gasteiger partial charge on any atom is -0.464 e. The van der Waals surface area contributed by atoms with Gasteiger partial charge in [-0.2, -0.15) is 0 Å². The number of nitrogens with zero attached hydrogens (tertiary/aromatic N) is 2. The van der Waals surface area contributed by atoms with E-state index in [1.54, 1.807) is 36.4 Å². The van der Waals surface area contributed by atoms with Crippen molar-refractivity contribution < 1.29 is 28.7 Å². The van der Waals surface area contributed by atoms with E-state index in [1.165, 1.54) is 19.1 Å². The van der Waals surface area contributed by atoms with Crippen LogP contribution in [0.2, 0.25) is 0 Å². The molecule has 0 saturated heterocycles. The predicted octanol–water partition coefficient (Wildman–Crippen LogP) is 1.90. The van der Waals surface area contributed by atoms with E-state index in [4.69, 9.17) is 4.74 Å². The third-order valence-electron chi connectivity index (χ3n) is 5.20. The molecule has 2 aliphatic rings. The van der Waals surface area contributed by atoms with E-state index in [9.17, 15) is 24.0 Å². The van der Waals surface area contributed by atoms with Gasteiger partial charge < -0.3 is 4.74 Å². The van der Waals surface area contributed by atoms with Crippen molar-refractivity contribution in [3.8, 4) is 0 Å². The average molecular weight is 406 g/mol. The Balaban J connectivity index is 1.31. The Morgan fingerprint density at radius 1 is 0.800 bits per heavy atom. The van der Waals surface area contributed by atoms with Gasteiger partial charge in [-0.05, 0) is 37.6 Å². The van der Waals surface area contributed by atoms with Gasteiger partial charge in [0, 0.05) is 6.54 Å². The maximum Gasteiger partial charge on any atom is 0.329 e. The SMILES string of the molecule is CC(C(=O)OCCCN1C(=O)c2ccccc2C1=O)N1C(=O)c2ccccc2C1=O. The lowest BCUT2D eigenvalue weighted by Crippen LogP contribution is -2.43.